The van der Waals surface area contributed by atoms with Crippen molar-refractivity contribution in [2.45, 2.75) is 18.3 Å². The Balaban J connectivity index is 2.13. The number of anilines is 1. The van der Waals surface area contributed by atoms with Crippen LogP contribution in [0.25, 0.3) is 0 Å². The number of piperidine rings is 1. The number of rotatable bonds is 0. The van der Waals surface area contributed by atoms with E-state index >= 15 is 0 Å². The molecule has 102 valence electrons. The molecular formula is C12H13F3N4. The first kappa shape index (κ1) is 12.3. The fourth-order valence-electron chi connectivity index (χ4n) is 2.54. The summed E-state index contributed by atoms with van der Waals surface area (Å²) in [7, 11) is 0. The van der Waals surface area contributed by atoms with E-state index in [1.165, 1.54) is 0 Å². The van der Waals surface area contributed by atoms with Gasteiger partial charge in [-0.2, -0.15) is 0 Å². The predicted octanol–water partition coefficient (Wildman–Crippen LogP) is 1.12. The summed E-state index contributed by atoms with van der Waals surface area (Å²) in [6.45, 7) is 0.618. The van der Waals surface area contributed by atoms with Crippen molar-refractivity contribution in [1.29, 1.82) is 0 Å². The molecule has 1 aromatic carbocycles. The molecule has 1 saturated heterocycles. The van der Waals surface area contributed by atoms with Gasteiger partial charge in [0.2, 0.25) is 0 Å². The molecule has 0 saturated carbocycles. The number of fused-ring (bicyclic) bond motifs is 1. The van der Waals surface area contributed by atoms with E-state index < -0.39 is 23.5 Å². The second-order valence-electron chi connectivity index (χ2n) is 4.75. The lowest BCUT2D eigenvalue weighted by molar-refractivity contribution is 0.167. The highest BCUT2D eigenvalue weighted by atomic mass is 19.1. The van der Waals surface area contributed by atoms with Crippen LogP contribution in [0.4, 0.5) is 18.9 Å². The van der Waals surface area contributed by atoms with E-state index in [0.29, 0.717) is 13.0 Å². The summed E-state index contributed by atoms with van der Waals surface area (Å²) >= 11 is 0. The van der Waals surface area contributed by atoms with Crippen LogP contribution in [-0.4, -0.2) is 30.8 Å². The normalized spacial score (nSPS) is 29.6. The van der Waals surface area contributed by atoms with E-state index in [9.17, 15) is 13.2 Å². The Bertz CT molecular complexity index is 560. The summed E-state index contributed by atoms with van der Waals surface area (Å²) in [5.41, 5.74) is 4.15. The van der Waals surface area contributed by atoms with Crippen molar-refractivity contribution in [1.82, 2.24) is 5.32 Å². The van der Waals surface area contributed by atoms with Crippen molar-refractivity contribution in [2.24, 2.45) is 10.7 Å². The van der Waals surface area contributed by atoms with Gasteiger partial charge in [-0.05, 0) is 18.7 Å². The Morgan fingerprint density at radius 2 is 2.05 bits per heavy atom. The average molecular weight is 270 g/mol. The fraction of sp³-hybridized carbons (Fsp3) is 0.417. The largest absolute Gasteiger partial charge is 0.383 e. The maximum atomic E-state index is 14.1. The van der Waals surface area contributed by atoms with Crippen molar-refractivity contribution in [3.8, 4) is 0 Å². The molecule has 7 heteroatoms. The molecular weight excluding hydrogens is 257 g/mol. The van der Waals surface area contributed by atoms with Gasteiger partial charge in [0.25, 0.3) is 0 Å². The van der Waals surface area contributed by atoms with Crippen LogP contribution in [0.5, 0.6) is 0 Å². The molecule has 2 atom stereocenters. The van der Waals surface area contributed by atoms with E-state index in [-0.39, 0.29) is 23.6 Å². The van der Waals surface area contributed by atoms with Crippen LogP contribution < -0.4 is 16.4 Å². The van der Waals surface area contributed by atoms with Crippen LogP contribution in [-0.2, 0) is 0 Å². The number of benzene rings is 1. The van der Waals surface area contributed by atoms with Crippen LogP contribution >= 0.6 is 0 Å². The van der Waals surface area contributed by atoms with Gasteiger partial charge in [-0.25, -0.2) is 18.2 Å². The Morgan fingerprint density at radius 3 is 2.79 bits per heavy atom. The zero-order valence-corrected chi connectivity index (χ0v) is 10.0. The molecule has 0 aromatic heterocycles. The first-order valence-corrected chi connectivity index (χ1v) is 6.00. The molecule has 1 aromatic rings. The molecule has 2 unspecified atom stereocenters. The molecule has 0 radical (unpaired) electrons. The topological polar surface area (TPSA) is 62.4 Å². The van der Waals surface area contributed by atoms with Gasteiger partial charge in [0, 0.05) is 13.0 Å². The standard InChI is InChI=1S/C12H13F3N4/c13-6-1-2-7(14)10-9(6)11(16)19-12(18-10)3-4-17-5-8(12)15/h1-2,8,17-18H,3-5H2,(H2,16,19). The lowest BCUT2D eigenvalue weighted by Gasteiger charge is -2.41. The number of aliphatic imine (C=N–C) groups is 1. The molecule has 0 aliphatic carbocycles. The average Bonchev–Trinajstić information content (AvgIpc) is 2.37. The van der Waals surface area contributed by atoms with Gasteiger partial charge >= 0.3 is 0 Å². The highest BCUT2D eigenvalue weighted by Crippen LogP contribution is 2.36. The number of halogens is 3. The third-order valence-corrected chi connectivity index (χ3v) is 3.55. The molecule has 2 heterocycles. The molecule has 1 spiro atoms. The number of amidine groups is 1. The molecule has 1 fully saturated rings. The molecule has 3 rings (SSSR count). The number of hydrogen-bond donors (Lipinski definition) is 3. The number of alkyl halides is 1. The van der Waals surface area contributed by atoms with Crippen LogP contribution in [0.1, 0.15) is 12.0 Å². The summed E-state index contributed by atoms with van der Waals surface area (Å²) in [5.74, 6) is -1.51. The lowest BCUT2D eigenvalue weighted by Crippen LogP contribution is -2.58. The quantitative estimate of drug-likeness (QED) is 0.662. The van der Waals surface area contributed by atoms with Crippen molar-refractivity contribution in [3.63, 3.8) is 0 Å². The van der Waals surface area contributed by atoms with E-state index in [0.717, 1.165) is 12.1 Å². The third-order valence-electron chi connectivity index (χ3n) is 3.55. The summed E-state index contributed by atoms with van der Waals surface area (Å²) < 4.78 is 41.6. The Hall–Kier alpha value is -1.76. The summed E-state index contributed by atoms with van der Waals surface area (Å²) in [4.78, 5) is 4.06. The van der Waals surface area contributed by atoms with Crippen molar-refractivity contribution < 1.29 is 13.2 Å². The van der Waals surface area contributed by atoms with Gasteiger partial charge in [-0.15, -0.1) is 0 Å². The van der Waals surface area contributed by atoms with Crippen molar-refractivity contribution in [3.05, 3.63) is 29.3 Å². The van der Waals surface area contributed by atoms with Gasteiger partial charge in [-0.3, -0.25) is 0 Å². The first-order chi connectivity index (χ1) is 9.03. The third kappa shape index (κ3) is 1.76. The van der Waals surface area contributed by atoms with Crippen LogP contribution in [0.15, 0.2) is 17.1 Å². The zero-order valence-electron chi connectivity index (χ0n) is 10.0. The molecule has 19 heavy (non-hydrogen) atoms. The highest BCUT2D eigenvalue weighted by Gasteiger charge is 2.45. The monoisotopic (exact) mass is 270 g/mol. The van der Waals surface area contributed by atoms with Gasteiger partial charge in [-0.1, -0.05) is 0 Å². The molecule has 4 nitrogen and oxygen atoms in total. The minimum atomic E-state index is -1.37. The van der Waals surface area contributed by atoms with Crippen molar-refractivity contribution in [2.75, 3.05) is 18.4 Å². The first-order valence-electron chi connectivity index (χ1n) is 6.00. The predicted molar refractivity (Wildman–Crippen MR) is 65.8 cm³/mol. The maximum absolute atomic E-state index is 14.1. The summed E-state index contributed by atoms with van der Waals surface area (Å²) in [6, 6.07) is 1.97. The van der Waals surface area contributed by atoms with E-state index in [2.05, 4.69) is 15.6 Å². The molecule has 0 amide bonds. The Morgan fingerprint density at radius 1 is 1.32 bits per heavy atom. The minimum Gasteiger partial charge on any atom is -0.383 e. The van der Waals surface area contributed by atoms with E-state index in [1.807, 2.05) is 0 Å². The highest BCUT2D eigenvalue weighted by molar-refractivity contribution is 6.04. The SMILES string of the molecule is NC1=NC2(CCNCC2F)Nc2c(F)ccc(F)c21. The maximum Gasteiger partial charge on any atom is 0.165 e. The smallest absolute Gasteiger partial charge is 0.165 e. The number of nitrogens with zero attached hydrogens (tertiary/aromatic N) is 1. The number of nitrogens with one attached hydrogen (secondary N) is 2. The second kappa shape index (κ2) is 4.12. The van der Waals surface area contributed by atoms with Crippen LogP contribution in [0.2, 0.25) is 0 Å². The van der Waals surface area contributed by atoms with E-state index in [1.54, 1.807) is 0 Å². The number of hydrogen-bond acceptors (Lipinski definition) is 4. The fourth-order valence-corrected chi connectivity index (χ4v) is 2.54. The summed E-state index contributed by atoms with van der Waals surface area (Å²) in [5, 5.41) is 5.58. The molecule has 2 aliphatic heterocycles. The Labute approximate surface area is 107 Å². The van der Waals surface area contributed by atoms with E-state index in [4.69, 9.17) is 5.73 Å². The molecule has 2 aliphatic rings. The number of nitrogens with two attached hydrogens (primary N) is 1. The van der Waals surface area contributed by atoms with Crippen LogP contribution in [0, 0.1) is 11.6 Å². The van der Waals surface area contributed by atoms with Crippen LogP contribution in [0.3, 0.4) is 0 Å². The zero-order chi connectivity index (χ0) is 13.6. The molecule has 4 N–H and O–H groups in total. The molecule has 0 bridgehead atoms. The Kier molecular flexibility index (Phi) is 2.67. The summed E-state index contributed by atoms with van der Waals surface area (Å²) in [6.07, 6.45) is -1.06. The van der Waals surface area contributed by atoms with Gasteiger partial charge in [0.1, 0.15) is 17.5 Å². The van der Waals surface area contributed by atoms with Gasteiger partial charge in [0.15, 0.2) is 11.8 Å². The minimum absolute atomic E-state index is 0.0933. The van der Waals surface area contributed by atoms with Gasteiger partial charge in [0.05, 0.1) is 11.3 Å². The second-order valence-corrected chi connectivity index (χ2v) is 4.75. The van der Waals surface area contributed by atoms with Crippen molar-refractivity contribution >= 4 is 11.5 Å². The van der Waals surface area contributed by atoms with Gasteiger partial charge < -0.3 is 16.4 Å². The lowest BCUT2D eigenvalue weighted by atomic mass is 9.93.